The number of phosphoric ester groups is 1. The van der Waals surface area contributed by atoms with Crippen molar-refractivity contribution in [3.8, 4) is 0 Å². The first-order valence-corrected chi connectivity index (χ1v) is 13.3. The maximum absolute atomic E-state index is 12.1. The average Bonchev–Trinajstić information content (AvgIpc) is 2.76. The van der Waals surface area contributed by atoms with E-state index in [0.29, 0.717) is 12.8 Å². The first kappa shape index (κ1) is 31.3. The van der Waals surface area contributed by atoms with Crippen molar-refractivity contribution in [2.24, 2.45) is 0 Å². The highest BCUT2D eigenvalue weighted by molar-refractivity contribution is 7.46. The maximum Gasteiger partial charge on any atom is 0.469 e. The summed E-state index contributed by atoms with van der Waals surface area (Å²) in [5.74, 6) is -0.970. The minimum absolute atomic E-state index is 0.175. The summed E-state index contributed by atoms with van der Waals surface area (Å²) in [6, 6.07) is 0. The molecule has 1 atom stereocenters. The number of ether oxygens (including phenoxy) is 2. The molecule has 0 aromatic heterocycles. The quantitative estimate of drug-likeness (QED) is 0.0991. The van der Waals surface area contributed by atoms with E-state index in [2.05, 4.69) is 47.9 Å². The summed E-state index contributed by atoms with van der Waals surface area (Å²) in [4.78, 5) is 41.4. The lowest BCUT2D eigenvalue weighted by molar-refractivity contribution is -0.161. The van der Waals surface area contributed by atoms with Crippen LogP contribution in [0.2, 0.25) is 0 Å². The second kappa shape index (κ2) is 20.8. The lowest BCUT2D eigenvalue weighted by Gasteiger charge is -2.18. The molecule has 0 aliphatic rings. The first-order chi connectivity index (χ1) is 15.8. The summed E-state index contributed by atoms with van der Waals surface area (Å²) >= 11 is 0. The highest BCUT2D eigenvalue weighted by Crippen LogP contribution is 2.35. The van der Waals surface area contributed by atoms with Gasteiger partial charge in [-0.15, -0.1) is 0 Å². The van der Waals surface area contributed by atoms with Gasteiger partial charge in [0.15, 0.2) is 6.10 Å². The summed E-state index contributed by atoms with van der Waals surface area (Å²) in [5, 5.41) is 0. The molecule has 0 aromatic rings. The SMILES string of the molecule is CC/C=C\C/C=C\C/C=C\CCCCCC(=O)OC(COC(=O)CCCC)COP(=O)(O)O. The maximum atomic E-state index is 12.1. The molecule has 2 N–H and O–H groups in total. The molecule has 0 saturated heterocycles. The molecule has 33 heavy (non-hydrogen) atoms. The zero-order chi connectivity index (χ0) is 24.8. The third-order valence-corrected chi connectivity index (χ3v) is 4.91. The van der Waals surface area contributed by atoms with Crippen molar-refractivity contribution in [3.63, 3.8) is 0 Å². The van der Waals surface area contributed by atoms with Crippen LogP contribution < -0.4 is 0 Å². The van der Waals surface area contributed by atoms with Crippen LogP contribution in [0.1, 0.15) is 84.5 Å². The first-order valence-electron chi connectivity index (χ1n) is 11.8. The minimum atomic E-state index is -4.72. The Morgan fingerprint density at radius 1 is 0.818 bits per heavy atom. The van der Waals surface area contributed by atoms with Crippen LogP contribution >= 0.6 is 7.82 Å². The summed E-state index contributed by atoms with van der Waals surface area (Å²) in [6.45, 7) is 3.20. The normalized spacial score (nSPS) is 13.2. The summed E-state index contributed by atoms with van der Waals surface area (Å²) in [6.07, 6.45) is 20.0. The largest absolute Gasteiger partial charge is 0.469 e. The van der Waals surface area contributed by atoms with E-state index in [1.807, 2.05) is 6.92 Å². The van der Waals surface area contributed by atoms with Gasteiger partial charge in [0, 0.05) is 12.8 Å². The number of hydrogen-bond donors (Lipinski definition) is 2. The van der Waals surface area contributed by atoms with Crippen LogP contribution in [0.25, 0.3) is 0 Å². The fraction of sp³-hybridized carbons (Fsp3) is 0.667. The molecule has 0 aliphatic heterocycles. The van der Waals surface area contributed by atoms with E-state index in [4.69, 9.17) is 19.3 Å². The molecule has 0 fully saturated rings. The number of carbonyl (C=O) groups is 2. The zero-order valence-corrected chi connectivity index (χ0v) is 20.9. The summed E-state index contributed by atoms with van der Waals surface area (Å²) in [7, 11) is -4.72. The van der Waals surface area contributed by atoms with Gasteiger partial charge in [-0.2, -0.15) is 0 Å². The van der Waals surface area contributed by atoms with Crippen molar-refractivity contribution < 1.29 is 37.9 Å². The number of allylic oxidation sites excluding steroid dienone is 6. The lowest BCUT2D eigenvalue weighted by atomic mass is 10.1. The Bertz CT molecular complexity index is 651. The Balaban J connectivity index is 4.11. The molecule has 0 spiro atoms. The Morgan fingerprint density at radius 3 is 2.09 bits per heavy atom. The van der Waals surface area contributed by atoms with Crippen molar-refractivity contribution in [2.45, 2.75) is 90.6 Å². The van der Waals surface area contributed by atoms with E-state index in [0.717, 1.165) is 44.9 Å². The molecule has 0 bridgehead atoms. The van der Waals surface area contributed by atoms with E-state index in [-0.39, 0.29) is 19.4 Å². The van der Waals surface area contributed by atoms with Crippen LogP contribution in [0, 0.1) is 0 Å². The van der Waals surface area contributed by atoms with Crippen LogP contribution in [0.15, 0.2) is 36.5 Å². The van der Waals surface area contributed by atoms with Gasteiger partial charge in [0.2, 0.25) is 0 Å². The van der Waals surface area contributed by atoms with Gasteiger partial charge in [0.05, 0.1) is 6.61 Å². The van der Waals surface area contributed by atoms with E-state index in [1.54, 1.807) is 0 Å². The molecule has 0 aliphatic carbocycles. The van der Waals surface area contributed by atoms with Crippen molar-refractivity contribution in [3.05, 3.63) is 36.5 Å². The van der Waals surface area contributed by atoms with E-state index in [1.165, 1.54) is 0 Å². The van der Waals surface area contributed by atoms with Crippen LogP contribution in [0.4, 0.5) is 0 Å². The summed E-state index contributed by atoms with van der Waals surface area (Å²) in [5.41, 5.74) is 0. The average molecular weight is 489 g/mol. The third-order valence-electron chi connectivity index (χ3n) is 4.42. The zero-order valence-electron chi connectivity index (χ0n) is 20.0. The molecule has 9 heteroatoms. The van der Waals surface area contributed by atoms with Crippen molar-refractivity contribution in [1.82, 2.24) is 0 Å². The molecule has 190 valence electrons. The number of phosphoric acid groups is 1. The van der Waals surface area contributed by atoms with Gasteiger partial charge in [-0.1, -0.05) is 63.1 Å². The number of esters is 2. The molecule has 0 rings (SSSR count). The topological polar surface area (TPSA) is 119 Å². The Morgan fingerprint density at radius 2 is 1.45 bits per heavy atom. The Kier molecular flexibility index (Phi) is 19.8. The number of rotatable bonds is 20. The second-order valence-corrected chi connectivity index (χ2v) is 8.82. The highest BCUT2D eigenvalue weighted by Gasteiger charge is 2.22. The number of carbonyl (C=O) groups excluding carboxylic acids is 2. The molecule has 1 unspecified atom stereocenters. The van der Waals surface area contributed by atoms with Crippen LogP contribution in [0.5, 0.6) is 0 Å². The molecule has 0 heterocycles. The highest BCUT2D eigenvalue weighted by atomic mass is 31.2. The second-order valence-electron chi connectivity index (χ2n) is 7.58. The van der Waals surface area contributed by atoms with E-state index < -0.39 is 32.5 Å². The van der Waals surface area contributed by atoms with Gasteiger partial charge < -0.3 is 19.3 Å². The number of unbranched alkanes of at least 4 members (excludes halogenated alkanes) is 4. The van der Waals surface area contributed by atoms with E-state index >= 15 is 0 Å². The fourth-order valence-corrected chi connectivity index (χ4v) is 3.02. The van der Waals surface area contributed by atoms with Gasteiger partial charge in [0.25, 0.3) is 0 Å². The standard InChI is InChI=1S/C24H41O8P/c1-3-5-7-8-9-10-11-12-13-14-15-16-17-19-24(26)32-22(21-31-33(27,28)29)20-30-23(25)18-6-4-2/h5,7,9-10,12-13,22H,3-4,6,8,11,14-21H2,1-2H3,(H2,27,28,29)/b7-5-,10-9-,13-12-. The minimum Gasteiger partial charge on any atom is -0.462 e. The predicted octanol–water partition coefficient (Wildman–Crippen LogP) is 5.55. The number of hydrogen-bond acceptors (Lipinski definition) is 6. The molecule has 0 amide bonds. The predicted molar refractivity (Wildman–Crippen MR) is 128 cm³/mol. The monoisotopic (exact) mass is 488 g/mol. The molecule has 0 saturated carbocycles. The molecular formula is C24H41O8P. The van der Waals surface area contributed by atoms with Crippen molar-refractivity contribution >= 4 is 19.8 Å². The molecule has 0 radical (unpaired) electrons. The third kappa shape index (κ3) is 23.2. The molecule has 0 aromatic carbocycles. The Labute approximate surface area is 198 Å². The molecular weight excluding hydrogens is 447 g/mol. The van der Waals surface area contributed by atoms with Gasteiger partial charge in [-0.3, -0.25) is 14.1 Å². The van der Waals surface area contributed by atoms with Crippen LogP contribution in [-0.4, -0.2) is 41.0 Å². The van der Waals surface area contributed by atoms with E-state index in [9.17, 15) is 14.2 Å². The Hall–Kier alpha value is -1.73. The van der Waals surface area contributed by atoms with Crippen LogP contribution in [-0.2, 0) is 28.2 Å². The van der Waals surface area contributed by atoms with Crippen molar-refractivity contribution in [1.29, 1.82) is 0 Å². The van der Waals surface area contributed by atoms with Crippen molar-refractivity contribution in [2.75, 3.05) is 13.2 Å². The lowest BCUT2D eigenvalue weighted by Crippen LogP contribution is -2.29. The van der Waals surface area contributed by atoms with Gasteiger partial charge in [-0.05, 0) is 44.9 Å². The summed E-state index contributed by atoms with van der Waals surface area (Å²) < 4.78 is 25.6. The van der Waals surface area contributed by atoms with Gasteiger partial charge >= 0.3 is 19.8 Å². The fourth-order valence-electron chi connectivity index (χ4n) is 2.66. The van der Waals surface area contributed by atoms with Gasteiger partial charge in [-0.25, -0.2) is 4.57 Å². The van der Waals surface area contributed by atoms with Gasteiger partial charge in [0.1, 0.15) is 6.61 Å². The molecule has 8 nitrogen and oxygen atoms in total. The smallest absolute Gasteiger partial charge is 0.462 e. The van der Waals surface area contributed by atoms with Crippen LogP contribution in [0.3, 0.4) is 0 Å².